The van der Waals surface area contributed by atoms with Crippen molar-refractivity contribution >= 4 is 5.69 Å². The molecule has 1 heterocycles. The predicted molar refractivity (Wildman–Crippen MR) is 84.4 cm³/mol. The van der Waals surface area contributed by atoms with Gasteiger partial charge in [-0.1, -0.05) is 20.4 Å². The Morgan fingerprint density at radius 2 is 2.20 bits per heavy atom. The molecule has 0 amide bonds. The van der Waals surface area contributed by atoms with Gasteiger partial charge in [-0.3, -0.25) is 4.79 Å². The van der Waals surface area contributed by atoms with E-state index in [1.54, 1.807) is 12.3 Å². The van der Waals surface area contributed by atoms with Crippen LogP contribution in [0.15, 0.2) is 29.2 Å². The zero-order chi connectivity index (χ0) is 15.0. The van der Waals surface area contributed by atoms with Gasteiger partial charge in [0.2, 0.25) is 0 Å². The lowest BCUT2D eigenvalue weighted by atomic mass is 10.3. The Kier molecular flexibility index (Phi) is 7.01. The highest BCUT2D eigenvalue weighted by Gasteiger charge is 2.05. The maximum atomic E-state index is 12.0. The fraction of sp³-hybridized carbons (Fsp3) is 0.600. The van der Waals surface area contributed by atoms with Gasteiger partial charge in [-0.15, -0.1) is 0 Å². The van der Waals surface area contributed by atoms with E-state index in [4.69, 9.17) is 0 Å². The molecule has 0 spiro atoms. The second-order valence-corrected chi connectivity index (χ2v) is 5.06. The Balaban J connectivity index is 2.64. The average Bonchev–Trinajstić information content (AvgIpc) is 2.41. The Morgan fingerprint density at radius 3 is 2.80 bits per heavy atom. The summed E-state index contributed by atoms with van der Waals surface area (Å²) in [7, 11) is 1.97. The molecular formula is C15H26N4O. The number of hydrogen-bond donors (Lipinski definition) is 1. The van der Waals surface area contributed by atoms with Gasteiger partial charge < -0.3 is 10.2 Å². The molecule has 0 aliphatic heterocycles. The van der Waals surface area contributed by atoms with Crippen molar-refractivity contribution in [2.45, 2.75) is 33.2 Å². The first-order valence-electron chi connectivity index (χ1n) is 7.24. The van der Waals surface area contributed by atoms with Crippen molar-refractivity contribution in [3.05, 3.63) is 34.8 Å². The van der Waals surface area contributed by atoms with Crippen LogP contribution in [0.25, 0.3) is 0 Å². The average molecular weight is 278 g/mol. The molecule has 0 saturated heterocycles. The lowest BCUT2D eigenvalue weighted by Gasteiger charge is -2.18. The largest absolute Gasteiger partial charge is 0.373 e. The molecule has 0 unspecified atom stereocenters. The molecule has 1 aromatic heterocycles. The van der Waals surface area contributed by atoms with Gasteiger partial charge in [-0.25, -0.2) is 4.68 Å². The van der Waals surface area contributed by atoms with Crippen LogP contribution in [0.1, 0.15) is 26.7 Å². The summed E-state index contributed by atoms with van der Waals surface area (Å²) in [6.45, 7) is 11.3. The fourth-order valence-corrected chi connectivity index (χ4v) is 1.93. The summed E-state index contributed by atoms with van der Waals surface area (Å²) in [6.07, 6.45) is 3.87. The maximum Gasteiger partial charge on any atom is 0.269 e. The minimum atomic E-state index is -0.0814. The van der Waals surface area contributed by atoms with E-state index in [0.29, 0.717) is 6.54 Å². The Hall–Kier alpha value is -1.62. The molecule has 0 aliphatic rings. The topological polar surface area (TPSA) is 50.2 Å². The number of hydrogen-bond acceptors (Lipinski definition) is 4. The SMILES string of the molecule is C=C(CNCCC)Cn1ncc(N(C)CCC)cc1=O. The summed E-state index contributed by atoms with van der Waals surface area (Å²) in [5.74, 6) is 0. The molecule has 0 atom stereocenters. The van der Waals surface area contributed by atoms with E-state index in [1.807, 2.05) is 11.9 Å². The first-order valence-corrected chi connectivity index (χ1v) is 7.24. The monoisotopic (exact) mass is 278 g/mol. The minimum Gasteiger partial charge on any atom is -0.373 e. The van der Waals surface area contributed by atoms with E-state index in [0.717, 1.165) is 43.7 Å². The van der Waals surface area contributed by atoms with E-state index >= 15 is 0 Å². The van der Waals surface area contributed by atoms with Crippen LogP contribution in [-0.2, 0) is 6.54 Å². The lowest BCUT2D eigenvalue weighted by Crippen LogP contribution is -2.28. The van der Waals surface area contributed by atoms with Crippen molar-refractivity contribution in [3.8, 4) is 0 Å². The molecule has 0 fully saturated rings. The van der Waals surface area contributed by atoms with E-state index in [9.17, 15) is 4.79 Å². The minimum absolute atomic E-state index is 0.0814. The second-order valence-electron chi connectivity index (χ2n) is 5.06. The molecule has 1 rings (SSSR count). The molecule has 1 N–H and O–H groups in total. The number of aromatic nitrogens is 2. The van der Waals surface area contributed by atoms with Crippen LogP contribution in [-0.4, -0.2) is 36.5 Å². The smallest absolute Gasteiger partial charge is 0.269 e. The van der Waals surface area contributed by atoms with Crippen LogP contribution in [0.4, 0.5) is 5.69 Å². The normalized spacial score (nSPS) is 10.6. The van der Waals surface area contributed by atoms with Crippen molar-refractivity contribution in [2.75, 3.05) is 31.6 Å². The van der Waals surface area contributed by atoms with Crippen LogP contribution in [0.2, 0.25) is 0 Å². The summed E-state index contributed by atoms with van der Waals surface area (Å²) in [5.41, 5.74) is 1.74. The van der Waals surface area contributed by atoms with Gasteiger partial charge in [-0.2, -0.15) is 5.10 Å². The Labute approximate surface area is 121 Å². The van der Waals surface area contributed by atoms with E-state index in [1.165, 1.54) is 4.68 Å². The zero-order valence-electron chi connectivity index (χ0n) is 12.9. The number of rotatable bonds is 9. The van der Waals surface area contributed by atoms with Gasteiger partial charge in [0, 0.05) is 26.2 Å². The molecule has 0 radical (unpaired) electrons. The number of nitrogens with one attached hydrogen (secondary N) is 1. The van der Waals surface area contributed by atoms with Crippen molar-refractivity contribution in [3.63, 3.8) is 0 Å². The van der Waals surface area contributed by atoms with Gasteiger partial charge in [0.05, 0.1) is 18.4 Å². The van der Waals surface area contributed by atoms with Crippen LogP contribution >= 0.6 is 0 Å². The van der Waals surface area contributed by atoms with Gasteiger partial charge >= 0.3 is 0 Å². The number of nitrogens with zero attached hydrogens (tertiary/aromatic N) is 3. The molecule has 0 aromatic carbocycles. The highest BCUT2D eigenvalue weighted by atomic mass is 16.1. The second kappa shape index (κ2) is 8.53. The molecule has 1 aromatic rings. The Morgan fingerprint density at radius 1 is 1.45 bits per heavy atom. The third kappa shape index (κ3) is 5.17. The van der Waals surface area contributed by atoms with Crippen molar-refractivity contribution in [1.82, 2.24) is 15.1 Å². The summed E-state index contributed by atoms with van der Waals surface area (Å²) in [6, 6.07) is 1.63. The lowest BCUT2D eigenvalue weighted by molar-refractivity contribution is 0.602. The highest BCUT2D eigenvalue weighted by molar-refractivity contribution is 5.41. The summed E-state index contributed by atoms with van der Waals surface area (Å²) >= 11 is 0. The molecule has 5 heteroatoms. The first kappa shape index (κ1) is 16.4. The van der Waals surface area contributed by atoms with Crippen LogP contribution in [0.5, 0.6) is 0 Å². The van der Waals surface area contributed by atoms with Crippen molar-refractivity contribution in [1.29, 1.82) is 0 Å². The van der Waals surface area contributed by atoms with Crippen molar-refractivity contribution < 1.29 is 0 Å². The zero-order valence-corrected chi connectivity index (χ0v) is 12.9. The van der Waals surface area contributed by atoms with Gasteiger partial charge in [-0.05, 0) is 25.0 Å². The van der Waals surface area contributed by atoms with Gasteiger partial charge in [0.15, 0.2) is 0 Å². The quantitative estimate of drug-likeness (QED) is 0.551. The summed E-state index contributed by atoms with van der Waals surface area (Å²) < 4.78 is 1.46. The third-order valence-electron chi connectivity index (χ3n) is 3.03. The van der Waals surface area contributed by atoms with Crippen LogP contribution in [0.3, 0.4) is 0 Å². The molecular weight excluding hydrogens is 252 g/mol. The van der Waals surface area contributed by atoms with Gasteiger partial charge in [0.1, 0.15) is 0 Å². The van der Waals surface area contributed by atoms with Gasteiger partial charge in [0.25, 0.3) is 5.56 Å². The maximum absolute atomic E-state index is 12.0. The van der Waals surface area contributed by atoms with E-state index in [-0.39, 0.29) is 5.56 Å². The van der Waals surface area contributed by atoms with Crippen LogP contribution in [0, 0.1) is 0 Å². The summed E-state index contributed by atoms with van der Waals surface area (Å²) in [5, 5.41) is 7.49. The molecule has 5 nitrogen and oxygen atoms in total. The van der Waals surface area contributed by atoms with E-state index in [2.05, 4.69) is 30.8 Å². The number of anilines is 1. The third-order valence-corrected chi connectivity index (χ3v) is 3.03. The summed E-state index contributed by atoms with van der Waals surface area (Å²) in [4.78, 5) is 14.1. The fourth-order valence-electron chi connectivity index (χ4n) is 1.93. The first-order chi connectivity index (χ1) is 9.58. The molecule has 0 bridgehead atoms. The predicted octanol–water partition coefficient (Wildman–Crippen LogP) is 1.65. The highest BCUT2D eigenvalue weighted by Crippen LogP contribution is 2.07. The Bertz CT molecular complexity index is 481. The van der Waals surface area contributed by atoms with E-state index < -0.39 is 0 Å². The molecule has 0 aliphatic carbocycles. The standard InChI is InChI=1S/C15H26N4O/c1-5-7-16-10-13(3)12-19-15(20)9-14(11-17-19)18(4)8-6-2/h9,11,16H,3,5-8,10,12H2,1-2,4H3. The van der Waals surface area contributed by atoms with Crippen molar-refractivity contribution in [2.24, 2.45) is 0 Å². The van der Waals surface area contributed by atoms with Crippen LogP contribution < -0.4 is 15.8 Å². The molecule has 0 saturated carbocycles. The molecule has 20 heavy (non-hydrogen) atoms. The molecule has 112 valence electrons.